The molecule has 226 valence electrons. The fourth-order valence-corrected chi connectivity index (χ4v) is 9.77. The maximum absolute atomic E-state index is 14.2. The first kappa shape index (κ1) is 28.8. The number of nitrogens with one attached hydrogen (secondary N) is 2. The lowest BCUT2D eigenvalue weighted by molar-refractivity contribution is -0.175. The zero-order valence-electron chi connectivity index (χ0n) is 24.9. The highest BCUT2D eigenvalue weighted by Gasteiger charge is 2.64. The van der Waals surface area contributed by atoms with Crippen molar-refractivity contribution in [2.45, 2.75) is 120 Å². The molecule has 0 bridgehead atoms. The molecule has 9 nitrogen and oxygen atoms in total. The number of rotatable bonds is 8. The molecule has 3 saturated carbocycles. The van der Waals surface area contributed by atoms with Gasteiger partial charge in [-0.3, -0.25) is 9.59 Å². The van der Waals surface area contributed by atoms with Gasteiger partial charge in [-0.1, -0.05) is 0 Å². The van der Waals surface area contributed by atoms with E-state index in [0.29, 0.717) is 35.8 Å². The molecule has 6 rings (SSSR count). The largest absolute Gasteiger partial charge is 0.381 e. The Balaban J connectivity index is 1.08. The van der Waals surface area contributed by atoms with Gasteiger partial charge in [0.25, 0.3) is 0 Å². The number of carbonyl (C=O) groups is 2. The third kappa shape index (κ3) is 5.12. The van der Waals surface area contributed by atoms with Crippen molar-refractivity contribution in [2.24, 2.45) is 29.6 Å². The van der Waals surface area contributed by atoms with Gasteiger partial charge in [0.15, 0.2) is 0 Å². The van der Waals surface area contributed by atoms with Crippen LogP contribution in [0.25, 0.3) is 0 Å². The number of hydrogen-bond donors (Lipinski definition) is 2. The molecule has 0 aromatic rings. The smallest absolute Gasteiger partial charge is 0.248 e. The molecule has 0 radical (unpaired) electrons. The molecule has 0 aromatic carbocycles. The lowest BCUT2D eigenvalue weighted by atomic mass is 9.64. The second-order valence-electron chi connectivity index (χ2n) is 13.5. The Kier molecular flexibility index (Phi) is 8.76. The van der Waals surface area contributed by atoms with E-state index in [0.717, 1.165) is 77.3 Å². The zero-order chi connectivity index (χ0) is 28.0. The highest BCUT2D eigenvalue weighted by atomic mass is 16.5. The van der Waals surface area contributed by atoms with E-state index >= 15 is 0 Å². The first-order valence-electron chi connectivity index (χ1n) is 16.0. The van der Waals surface area contributed by atoms with Gasteiger partial charge in [-0.25, -0.2) is 0 Å². The minimum Gasteiger partial charge on any atom is -0.381 e. The average molecular weight is 562 g/mol. The van der Waals surface area contributed by atoms with Crippen molar-refractivity contribution in [3.05, 3.63) is 0 Å². The van der Waals surface area contributed by atoms with E-state index in [-0.39, 0.29) is 48.1 Å². The highest BCUT2D eigenvalue weighted by Crippen LogP contribution is 2.54. The van der Waals surface area contributed by atoms with Crippen LogP contribution in [0.4, 0.5) is 0 Å². The SMILES string of the molecule is COC1CCC(CNC(=O)C(C)OC2CCC3C(C2)C2CCNC4C5CCC(OC)C(OC)C5C(=O)N3C24)CC1. The van der Waals surface area contributed by atoms with Crippen molar-refractivity contribution in [3.8, 4) is 0 Å². The Labute approximate surface area is 239 Å². The van der Waals surface area contributed by atoms with Gasteiger partial charge in [0.2, 0.25) is 11.8 Å². The number of nitrogens with zero attached hydrogens (tertiary/aromatic N) is 1. The normalized spacial score (nSPS) is 45.3. The van der Waals surface area contributed by atoms with Crippen molar-refractivity contribution in [1.29, 1.82) is 0 Å². The Morgan fingerprint density at radius 2 is 1.70 bits per heavy atom. The Bertz CT molecular complexity index is 912. The van der Waals surface area contributed by atoms with Crippen LogP contribution >= 0.6 is 0 Å². The van der Waals surface area contributed by atoms with Crippen molar-refractivity contribution >= 4 is 11.8 Å². The molecular formula is C31H51N3O6. The minimum absolute atomic E-state index is 0.000632. The first-order chi connectivity index (χ1) is 19.4. The molecular weight excluding hydrogens is 510 g/mol. The van der Waals surface area contributed by atoms with Crippen molar-refractivity contribution < 1.29 is 28.5 Å². The van der Waals surface area contributed by atoms with Crippen LogP contribution in [0.15, 0.2) is 0 Å². The summed E-state index contributed by atoms with van der Waals surface area (Å²) in [5, 5.41) is 7.01. The topological polar surface area (TPSA) is 98.4 Å². The number of fused-ring (bicyclic) bond motifs is 5. The van der Waals surface area contributed by atoms with Gasteiger partial charge in [0.1, 0.15) is 6.10 Å². The van der Waals surface area contributed by atoms with Gasteiger partial charge in [-0.2, -0.15) is 0 Å². The van der Waals surface area contributed by atoms with Crippen molar-refractivity contribution in [3.63, 3.8) is 0 Å². The van der Waals surface area contributed by atoms with Crippen LogP contribution in [0.1, 0.15) is 71.1 Å². The predicted molar refractivity (Wildman–Crippen MR) is 150 cm³/mol. The fourth-order valence-electron chi connectivity index (χ4n) is 9.77. The van der Waals surface area contributed by atoms with Crippen LogP contribution in [-0.4, -0.2) is 99.8 Å². The first-order valence-corrected chi connectivity index (χ1v) is 16.0. The Hall–Kier alpha value is -1.26. The number of amides is 2. The second kappa shape index (κ2) is 12.2. The van der Waals surface area contributed by atoms with E-state index in [2.05, 4.69) is 15.5 Å². The molecule has 6 fully saturated rings. The van der Waals surface area contributed by atoms with Gasteiger partial charge < -0.3 is 34.5 Å². The molecule has 3 saturated heterocycles. The van der Waals surface area contributed by atoms with E-state index in [4.69, 9.17) is 18.9 Å². The lowest BCUT2D eigenvalue weighted by Crippen LogP contribution is -2.70. The van der Waals surface area contributed by atoms with E-state index < -0.39 is 6.10 Å². The molecule has 3 aliphatic carbocycles. The van der Waals surface area contributed by atoms with Crippen LogP contribution in [0, 0.1) is 29.6 Å². The third-order valence-electron chi connectivity index (χ3n) is 11.7. The van der Waals surface area contributed by atoms with E-state index in [1.165, 1.54) is 0 Å². The molecule has 9 heteroatoms. The van der Waals surface area contributed by atoms with Crippen molar-refractivity contribution in [2.75, 3.05) is 34.4 Å². The molecule has 6 aliphatic rings. The summed E-state index contributed by atoms with van der Waals surface area (Å²) in [5.74, 6) is 1.90. The quantitative estimate of drug-likeness (QED) is 0.470. The van der Waals surface area contributed by atoms with E-state index in [1.807, 2.05) is 6.92 Å². The molecule has 11 atom stereocenters. The fraction of sp³-hybridized carbons (Fsp3) is 0.935. The van der Waals surface area contributed by atoms with E-state index in [1.54, 1.807) is 21.3 Å². The monoisotopic (exact) mass is 561 g/mol. The van der Waals surface area contributed by atoms with Crippen molar-refractivity contribution in [1.82, 2.24) is 15.5 Å². The van der Waals surface area contributed by atoms with Gasteiger partial charge in [-0.05, 0) is 101 Å². The maximum Gasteiger partial charge on any atom is 0.248 e. The second-order valence-corrected chi connectivity index (χ2v) is 13.5. The number of hydrogen-bond acceptors (Lipinski definition) is 7. The number of piperidine rings is 2. The summed E-state index contributed by atoms with van der Waals surface area (Å²) in [5.41, 5.74) is 0. The molecule has 40 heavy (non-hydrogen) atoms. The Morgan fingerprint density at radius 1 is 0.925 bits per heavy atom. The number of carbonyl (C=O) groups excluding carboxylic acids is 2. The van der Waals surface area contributed by atoms with Crippen LogP contribution in [0.5, 0.6) is 0 Å². The standard InChI is InChI=1S/C31H51N3O6/c1-17(30(35)33-16-18-5-7-19(37-2)8-6-18)40-20-9-11-24-23(15-20)21-13-14-32-27-22-10-12-25(38-3)29(39-4)26(22)31(36)34(24)28(21)27/h17-29,32H,5-16H2,1-4H3,(H,33,35). The summed E-state index contributed by atoms with van der Waals surface area (Å²) in [6.45, 7) is 3.62. The zero-order valence-corrected chi connectivity index (χ0v) is 24.9. The minimum atomic E-state index is -0.459. The molecule has 2 N–H and O–H groups in total. The van der Waals surface area contributed by atoms with E-state index in [9.17, 15) is 9.59 Å². The van der Waals surface area contributed by atoms with Crippen LogP contribution in [0.2, 0.25) is 0 Å². The van der Waals surface area contributed by atoms with Gasteiger partial charge in [-0.15, -0.1) is 0 Å². The summed E-state index contributed by atoms with van der Waals surface area (Å²) < 4.78 is 23.6. The van der Waals surface area contributed by atoms with Gasteiger partial charge in [0.05, 0.1) is 36.4 Å². The van der Waals surface area contributed by atoms with Gasteiger partial charge in [0, 0.05) is 40.0 Å². The van der Waals surface area contributed by atoms with Gasteiger partial charge >= 0.3 is 0 Å². The Morgan fingerprint density at radius 3 is 2.42 bits per heavy atom. The van der Waals surface area contributed by atoms with Crippen LogP contribution < -0.4 is 10.6 Å². The number of methoxy groups -OCH3 is 3. The summed E-state index contributed by atoms with van der Waals surface area (Å²) in [4.78, 5) is 29.4. The molecule has 0 aromatic heterocycles. The summed E-state index contributed by atoms with van der Waals surface area (Å²) in [6, 6.07) is 0.852. The maximum atomic E-state index is 14.2. The van der Waals surface area contributed by atoms with Crippen LogP contribution in [-0.2, 0) is 28.5 Å². The highest BCUT2D eigenvalue weighted by molar-refractivity contribution is 5.83. The lowest BCUT2D eigenvalue weighted by Gasteiger charge is -2.55. The third-order valence-corrected chi connectivity index (χ3v) is 11.7. The number of ether oxygens (including phenoxy) is 4. The summed E-state index contributed by atoms with van der Waals surface area (Å²) >= 11 is 0. The molecule has 3 aliphatic heterocycles. The molecule has 11 unspecified atom stereocenters. The summed E-state index contributed by atoms with van der Waals surface area (Å²) in [6.07, 6.45) is 9.95. The molecule has 2 amide bonds. The molecule has 0 spiro atoms. The summed E-state index contributed by atoms with van der Waals surface area (Å²) in [7, 11) is 5.26. The van der Waals surface area contributed by atoms with Crippen LogP contribution in [0.3, 0.4) is 0 Å². The molecule has 3 heterocycles. The average Bonchev–Trinajstić information content (AvgIpc) is 3.32. The predicted octanol–water partition coefficient (Wildman–Crippen LogP) is 2.51.